The van der Waals surface area contributed by atoms with Gasteiger partial charge in [-0.15, -0.1) is 0 Å². The van der Waals surface area contributed by atoms with Crippen LogP contribution in [0.4, 0.5) is 5.69 Å². The average molecular weight is 427 g/mol. The molecule has 0 spiro atoms. The highest BCUT2D eigenvalue weighted by Crippen LogP contribution is 2.28. The highest BCUT2D eigenvalue weighted by atomic mass is 32.2. The molecule has 0 fully saturated rings. The standard InChI is InChI=1S/C21H18N2O4S2/c1-27-19-10-6-5-9-17(19)22-29(25,26)16-11-12-18-20(13-16)28-21(24)23(18)14-15-7-3-2-4-8-15/h2-13,22H,14H2,1H3. The van der Waals surface area contributed by atoms with Crippen molar-refractivity contribution in [1.82, 2.24) is 4.57 Å². The van der Waals surface area contributed by atoms with E-state index in [9.17, 15) is 13.2 Å². The van der Waals surface area contributed by atoms with Crippen LogP contribution in [0, 0.1) is 0 Å². The van der Waals surface area contributed by atoms with Crippen LogP contribution >= 0.6 is 11.3 Å². The molecule has 0 saturated carbocycles. The lowest BCUT2D eigenvalue weighted by Gasteiger charge is -2.12. The van der Waals surface area contributed by atoms with Crippen molar-refractivity contribution in [3.8, 4) is 5.75 Å². The van der Waals surface area contributed by atoms with Crippen LogP contribution in [0.3, 0.4) is 0 Å². The quantitative estimate of drug-likeness (QED) is 0.507. The van der Waals surface area contributed by atoms with Crippen molar-refractivity contribution in [2.75, 3.05) is 11.8 Å². The van der Waals surface area contributed by atoms with Gasteiger partial charge in [-0.1, -0.05) is 53.8 Å². The SMILES string of the molecule is COc1ccccc1NS(=O)(=O)c1ccc2c(c1)sc(=O)n2Cc1ccccc1. The molecular weight excluding hydrogens is 408 g/mol. The van der Waals surface area contributed by atoms with E-state index in [4.69, 9.17) is 4.74 Å². The third-order valence-electron chi connectivity index (χ3n) is 4.48. The highest BCUT2D eigenvalue weighted by Gasteiger charge is 2.18. The minimum Gasteiger partial charge on any atom is -0.495 e. The molecule has 0 bridgehead atoms. The van der Waals surface area contributed by atoms with E-state index in [0.29, 0.717) is 28.2 Å². The summed E-state index contributed by atoms with van der Waals surface area (Å²) in [4.78, 5) is 12.4. The minimum absolute atomic E-state index is 0.0871. The number of hydrogen-bond donors (Lipinski definition) is 1. The number of thiazole rings is 1. The molecule has 0 radical (unpaired) electrons. The molecule has 8 heteroatoms. The van der Waals surface area contributed by atoms with Crippen molar-refractivity contribution in [1.29, 1.82) is 0 Å². The van der Waals surface area contributed by atoms with Crippen LogP contribution in [0.15, 0.2) is 82.5 Å². The molecule has 1 aromatic heterocycles. The number of aromatic nitrogens is 1. The molecule has 0 aliphatic rings. The van der Waals surface area contributed by atoms with Gasteiger partial charge in [0.25, 0.3) is 10.0 Å². The number of sulfonamides is 1. The van der Waals surface area contributed by atoms with Crippen molar-refractivity contribution in [3.63, 3.8) is 0 Å². The Morgan fingerprint density at radius 3 is 2.48 bits per heavy atom. The Kier molecular flexibility index (Phi) is 5.12. The first-order valence-electron chi connectivity index (χ1n) is 8.81. The van der Waals surface area contributed by atoms with E-state index >= 15 is 0 Å². The summed E-state index contributed by atoms with van der Waals surface area (Å²) in [6.45, 7) is 0.436. The van der Waals surface area contributed by atoms with Crippen molar-refractivity contribution in [3.05, 3.63) is 88.0 Å². The Morgan fingerprint density at radius 1 is 1.00 bits per heavy atom. The summed E-state index contributed by atoms with van der Waals surface area (Å²) < 4.78 is 35.7. The molecule has 4 rings (SSSR count). The monoisotopic (exact) mass is 426 g/mol. The third kappa shape index (κ3) is 3.90. The van der Waals surface area contributed by atoms with Gasteiger partial charge in [0, 0.05) is 0 Å². The second-order valence-corrected chi connectivity index (χ2v) is 9.05. The maximum absolute atomic E-state index is 12.8. The number of nitrogens with one attached hydrogen (secondary N) is 1. The predicted octanol–water partition coefficient (Wildman–Crippen LogP) is 3.92. The third-order valence-corrected chi connectivity index (χ3v) is 6.79. The topological polar surface area (TPSA) is 77.4 Å². The fourth-order valence-corrected chi connectivity index (χ4v) is 5.16. The molecule has 6 nitrogen and oxygen atoms in total. The number of methoxy groups -OCH3 is 1. The van der Waals surface area contributed by atoms with E-state index in [-0.39, 0.29) is 9.77 Å². The minimum atomic E-state index is -3.83. The summed E-state index contributed by atoms with van der Waals surface area (Å²) in [6, 6.07) is 21.2. The lowest BCUT2D eigenvalue weighted by Crippen LogP contribution is -2.14. The van der Waals surface area contributed by atoms with Crippen molar-refractivity contribution >= 4 is 37.3 Å². The van der Waals surface area contributed by atoms with Crippen molar-refractivity contribution in [2.24, 2.45) is 0 Å². The zero-order valence-electron chi connectivity index (χ0n) is 15.5. The Bertz CT molecular complexity index is 1330. The molecule has 148 valence electrons. The number of hydrogen-bond acceptors (Lipinski definition) is 5. The Hall–Kier alpha value is -3.10. The zero-order chi connectivity index (χ0) is 20.4. The normalized spacial score (nSPS) is 11.5. The van der Waals surface area contributed by atoms with E-state index in [1.165, 1.54) is 19.2 Å². The maximum atomic E-state index is 12.8. The molecule has 1 heterocycles. The number of benzene rings is 3. The molecular formula is C21H18N2O4S2. The molecule has 3 aromatic carbocycles. The van der Waals surface area contributed by atoms with Crippen LogP contribution in [0.5, 0.6) is 5.75 Å². The number of rotatable bonds is 6. The highest BCUT2D eigenvalue weighted by molar-refractivity contribution is 7.92. The first-order valence-corrected chi connectivity index (χ1v) is 11.1. The van der Waals surface area contributed by atoms with Crippen LogP contribution in [-0.4, -0.2) is 20.1 Å². The van der Waals surface area contributed by atoms with Crippen molar-refractivity contribution < 1.29 is 13.2 Å². The van der Waals surface area contributed by atoms with Gasteiger partial charge >= 0.3 is 4.87 Å². The lowest BCUT2D eigenvalue weighted by atomic mass is 10.2. The van der Waals surface area contributed by atoms with E-state index in [1.807, 2.05) is 30.3 Å². The lowest BCUT2D eigenvalue weighted by molar-refractivity contribution is 0.417. The summed E-state index contributed by atoms with van der Waals surface area (Å²) >= 11 is 1.03. The predicted molar refractivity (Wildman–Crippen MR) is 115 cm³/mol. The van der Waals surface area contributed by atoms with Crippen LogP contribution in [-0.2, 0) is 16.6 Å². The zero-order valence-corrected chi connectivity index (χ0v) is 17.2. The number of para-hydroxylation sites is 2. The van der Waals surface area contributed by atoms with Crippen molar-refractivity contribution in [2.45, 2.75) is 11.4 Å². The van der Waals surface area contributed by atoms with E-state index in [0.717, 1.165) is 16.9 Å². The fraction of sp³-hybridized carbons (Fsp3) is 0.0952. The van der Waals surface area contributed by atoms with Gasteiger partial charge in [-0.3, -0.25) is 14.1 Å². The molecule has 29 heavy (non-hydrogen) atoms. The largest absolute Gasteiger partial charge is 0.495 e. The summed E-state index contributed by atoms with van der Waals surface area (Å²) in [5, 5.41) is 0. The summed E-state index contributed by atoms with van der Waals surface area (Å²) in [7, 11) is -2.36. The second kappa shape index (κ2) is 7.73. The molecule has 0 unspecified atom stereocenters. The van der Waals surface area contributed by atoms with Crippen LogP contribution < -0.4 is 14.3 Å². The molecule has 0 aliphatic carbocycles. The second-order valence-electron chi connectivity index (χ2n) is 6.38. The Morgan fingerprint density at radius 2 is 1.72 bits per heavy atom. The number of ether oxygens (including phenoxy) is 1. The van der Waals surface area contributed by atoms with E-state index in [1.54, 1.807) is 34.9 Å². The van der Waals surface area contributed by atoms with Crippen LogP contribution in [0.25, 0.3) is 10.2 Å². The van der Waals surface area contributed by atoms with Gasteiger partial charge in [0.15, 0.2) is 0 Å². The van der Waals surface area contributed by atoms with Gasteiger partial charge in [0.1, 0.15) is 5.75 Å². The Labute approximate surface area is 172 Å². The maximum Gasteiger partial charge on any atom is 0.308 e. The first kappa shape index (κ1) is 19.2. The summed E-state index contributed by atoms with van der Waals surface area (Å²) in [6.07, 6.45) is 0. The smallest absolute Gasteiger partial charge is 0.308 e. The summed E-state index contributed by atoms with van der Waals surface area (Å²) in [5.74, 6) is 0.427. The molecule has 0 atom stereocenters. The van der Waals surface area contributed by atoms with Crippen LogP contribution in [0.1, 0.15) is 5.56 Å². The molecule has 1 N–H and O–H groups in total. The van der Waals surface area contributed by atoms with Gasteiger partial charge < -0.3 is 4.74 Å². The molecule has 0 saturated heterocycles. The van der Waals surface area contributed by atoms with Gasteiger partial charge in [-0.2, -0.15) is 0 Å². The molecule has 0 aliphatic heterocycles. The van der Waals surface area contributed by atoms with Gasteiger partial charge in [-0.05, 0) is 35.9 Å². The van der Waals surface area contributed by atoms with Gasteiger partial charge in [-0.25, -0.2) is 8.42 Å². The van der Waals surface area contributed by atoms with Gasteiger partial charge in [0.2, 0.25) is 0 Å². The van der Waals surface area contributed by atoms with E-state index < -0.39 is 10.0 Å². The van der Waals surface area contributed by atoms with Crippen LogP contribution in [0.2, 0.25) is 0 Å². The molecule has 0 amide bonds. The number of fused-ring (bicyclic) bond motifs is 1. The first-order chi connectivity index (χ1) is 14.0. The van der Waals surface area contributed by atoms with Gasteiger partial charge in [0.05, 0.1) is 34.5 Å². The Balaban J connectivity index is 1.70. The molecule has 4 aromatic rings. The fourth-order valence-electron chi connectivity index (χ4n) is 3.06. The average Bonchev–Trinajstić information content (AvgIpc) is 3.03. The number of nitrogens with zero attached hydrogens (tertiary/aromatic N) is 1. The number of anilines is 1. The van der Waals surface area contributed by atoms with E-state index in [2.05, 4.69) is 4.72 Å². The summed E-state index contributed by atoms with van der Waals surface area (Å²) in [5.41, 5.74) is 2.06.